The van der Waals surface area contributed by atoms with Gasteiger partial charge in [-0.25, -0.2) is 0 Å². The number of benzene rings is 1. The topological polar surface area (TPSA) is 25.4 Å². The first-order chi connectivity index (χ1) is 11.4. The largest absolute Gasteiger partial charge is 0.492 e. The second kappa shape index (κ2) is 6.71. The minimum atomic E-state index is 0.689. The van der Waals surface area contributed by atoms with Gasteiger partial charge in [0.2, 0.25) is 0 Å². The first kappa shape index (κ1) is 14.7. The van der Waals surface area contributed by atoms with Gasteiger partial charge in [0.25, 0.3) is 0 Å². The molecular weight excluding hydrogens is 284 g/mol. The van der Waals surface area contributed by atoms with Gasteiger partial charge in [0, 0.05) is 18.3 Å². The highest BCUT2D eigenvalue weighted by Crippen LogP contribution is 2.45. The van der Waals surface area contributed by atoms with Gasteiger partial charge in [-0.2, -0.15) is 0 Å². The van der Waals surface area contributed by atoms with Crippen LogP contribution < -0.4 is 4.74 Å². The third-order valence-corrected chi connectivity index (χ3v) is 4.86. The van der Waals surface area contributed by atoms with Crippen LogP contribution in [0.4, 0.5) is 0 Å². The summed E-state index contributed by atoms with van der Waals surface area (Å²) in [4.78, 5) is 7.01. The zero-order valence-corrected chi connectivity index (χ0v) is 13.6. The Balaban J connectivity index is 1.47. The highest BCUT2D eigenvalue weighted by molar-refractivity contribution is 5.66. The quantitative estimate of drug-likeness (QED) is 0.803. The molecule has 0 radical (unpaired) electrons. The van der Waals surface area contributed by atoms with Gasteiger partial charge < -0.3 is 4.74 Å². The zero-order valence-electron chi connectivity index (χ0n) is 13.6. The van der Waals surface area contributed by atoms with Crippen LogP contribution in [0.25, 0.3) is 11.3 Å². The number of aromatic nitrogens is 1. The maximum atomic E-state index is 6.02. The predicted octanol–water partition coefficient (Wildman–Crippen LogP) is 4.10. The Bertz CT molecular complexity index is 646. The van der Waals surface area contributed by atoms with E-state index in [1.54, 1.807) is 0 Å². The maximum absolute atomic E-state index is 6.02. The van der Waals surface area contributed by atoms with Gasteiger partial charge in [0.05, 0.1) is 5.69 Å². The monoisotopic (exact) mass is 308 g/mol. The van der Waals surface area contributed by atoms with Crippen molar-refractivity contribution in [1.29, 1.82) is 0 Å². The normalized spacial score (nSPS) is 18.3. The Morgan fingerprint density at radius 1 is 1.09 bits per heavy atom. The second-order valence-corrected chi connectivity index (χ2v) is 6.64. The van der Waals surface area contributed by atoms with Crippen molar-refractivity contribution in [2.45, 2.75) is 31.6 Å². The summed E-state index contributed by atoms with van der Waals surface area (Å²) >= 11 is 0. The molecule has 2 aliphatic rings. The van der Waals surface area contributed by atoms with Crippen molar-refractivity contribution < 1.29 is 4.74 Å². The minimum absolute atomic E-state index is 0.689. The van der Waals surface area contributed by atoms with Crippen LogP contribution >= 0.6 is 0 Å². The minimum Gasteiger partial charge on any atom is -0.492 e. The Hall–Kier alpha value is -1.87. The molecule has 120 valence electrons. The lowest BCUT2D eigenvalue weighted by Crippen LogP contribution is -2.25. The Labute approximate surface area is 138 Å². The molecule has 1 saturated heterocycles. The van der Waals surface area contributed by atoms with Crippen LogP contribution in [-0.2, 0) is 0 Å². The van der Waals surface area contributed by atoms with Gasteiger partial charge in [-0.15, -0.1) is 0 Å². The molecule has 0 N–H and O–H groups in total. The van der Waals surface area contributed by atoms with E-state index in [0.29, 0.717) is 5.92 Å². The van der Waals surface area contributed by atoms with E-state index in [2.05, 4.69) is 40.2 Å². The summed E-state index contributed by atoms with van der Waals surface area (Å²) in [7, 11) is 0. The number of nitrogens with zero attached hydrogens (tertiary/aromatic N) is 2. The van der Waals surface area contributed by atoms with Crippen LogP contribution in [0.15, 0.2) is 42.6 Å². The molecule has 0 bridgehead atoms. The van der Waals surface area contributed by atoms with Crippen molar-refractivity contribution in [1.82, 2.24) is 9.88 Å². The van der Waals surface area contributed by atoms with Crippen LogP contribution in [0.5, 0.6) is 5.75 Å². The Morgan fingerprint density at radius 3 is 2.70 bits per heavy atom. The summed E-state index contributed by atoms with van der Waals surface area (Å²) in [5.41, 5.74) is 3.74. The molecule has 0 unspecified atom stereocenters. The van der Waals surface area contributed by atoms with Gasteiger partial charge in [-0.05, 0) is 80.6 Å². The fraction of sp³-hybridized carbons (Fsp3) is 0.450. The number of hydrogen-bond donors (Lipinski definition) is 0. The number of hydrogen-bond acceptors (Lipinski definition) is 3. The SMILES string of the molecule is c1ccc(-c2ccc(OCCN3CCCC3)cc2C2CC2)nc1. The highest BCUT2D eigenvalue weighted by Gasteiger charge is 2.27. The van der Waals surface area contributed by atoms with E-state index >= 15 is 0 Å². The van der Waals surface area contributed by atoms with Gasteiger partial charge in [0.1, 0.15) is 12.4 Å². The van der Waals surface area contributed by atoms with E-state index in [4.69, 9.17) is 4.74 Å². The average Bonchev–Trinajstić information content (AvgIpc) is 3.32. The molecule has 0 atom stereocenters. The van der Waals surface area contributed by atoms with Crippen molar-refractivity contribution >= 4 is 0 Å². The standard InChI is InChI=1S/C20H24N2O/c1-2-10-21-20(5-1)18-9-8-17(15-19(18)16-6-7-16)23-14-13-22-11-3-4-12-22/h1-2,5,8-10,15-16H,3-4,6-7,11-14H2. The van der Waals surface area contributed by atoms with Crippen LogP contribution in [0.3, 0.4) is 0 Å². The zero-order chi connectivity index (χ0) is 15.5. The molecule has 1 aliphatic carbocycles. The first-order valence-electron chi connectivity index (χ1n) is 8.81. The number of likely N-dealkylation sites (tertiary alicyclic amines) is 1. The number of ether oxygens (including phenoxy) is 1. The molecule has 0 spiro atoms. The van der Waals surface area contributed by atoms with E-state index < -0.39 is 0 Å². The third-order valence-electron chi connectivity index (χ3n) is 4.86. The van der Waals surface area contributed by atoms with Crippen molar-refractivity contribution in [3.8, 4) is 17.0 Å². The summed E-state index contributed by atoms with van der Waals surface area (Å²) in [6.07, 6.45) is 7.12. The van der Waals surface area contributed by atoms with E-state index in [1.165, 1.54) is 49.9 Å². The Morgan fingerprint density at radius 2 is 1.96 bits per heavy atom. The van der Waals surface area contributed by atoms with Crippen LogP contribution in [-0.4, -0.2) is 36.1 Å². The summed E-state index contributed by atoms with van der Waals surface area (Å²) in [5.74, 6) is 1.69. The maximum Gasteiger partial charge on any atom is 0.119 e. The third kappa shape index (κ3) is 3.56. The second-order valence-electron chi connectivity index (χ2n) is 6.64. The van der Waals surface area contributed by atoms with E-state index in [1.807, 2.05) is 12.3 Å². The molecule has 2 fully saturated rings. The fourth-order valence-electron chi connectivity index (χ4n) is 3.42. The highest BCUT2D eigenvalue weighted by atomic mass is 16.5. The molecule has 0 amide bonds. The smallest absolute Gasteiger partial charge is 0.119 e. The molecule has 1 aromatic heterocycles. The molecular formula is C20H24N2O. The van der Waals surface area contributed by atoms with Crippen LogP contribution in [0.2, 0.25) is 0 Å². The molecule has 3 nitrogen and oxygen atoms in total. The van der Waals surface area contributed by atoms with Gasteiger partial charge in [-0.3, -0.25) is 9.88 Å². The van der Waals surface area contributed by atoms with Crippen molar-refractivity contribution in [3.63, 3.8) is 0 Å². The molecule has 4 rings (SSSR count). The molecule has 2 heterocycles. The van der Waals surface area contributed by atoms with Crippen LogP contribution in [0, 0.1) is 0 Å². The molecule has 3 heteroatoms. The lowest BCUT2D eigenvalue weighted by molar-refractivity contribution is 0.237. The van der Waals surface area contributed by atoms with E-state index in [-0.39, 0.29) is 0 Å². The lowest BCUT2D eigenvalue weighted by Gasteiger charge is -2.16. The summed E-state index contributed by atoms with van der Waals surface area (Å²) < 4.78 is 6.02. The van der Waals surface area contributed by atoms with E-state index in [0.717, 1.165) is 24.6 Å². The summed E-state index contributed by atoms with van der Waals surface area (Å²) in [6, 6.07) is 12.6. The molecule has 1 aromatic carbocycles. The summed E-state index contributed by atoms with van der Waals surface area (Å²) in [6.45, 7) is 4.29. The average molecular weight is 308 g/mol. The molecule has 1 saturated carbocycles. The first-order valence-corrected chi connectivity index (χ1v) is 8.81. The predicted molar refractivity (Wildman–Crippen MR) is 92.8 cm³/mol. The van der Waals surface area contributed by atoms with Crippen molar-refractivity contribution in [2.75, 3.05) is 26.2 Å². The lowest BCUT2D eigenvalue weighted by atomic mass is 10.00. The summed E-state index contributed by atoms with van der Waals surface area (Å²) in [5, 5.41) is 0. The Kier molecular flexibility index (Phi) is 4.29. The van der Waals surface area contributed by atoms with Crippen molar-refractivity contribution in [2.24, 2.45) is 0 Å². The van der Waals surface area contributed by atoms with Crippen molar-refractivity contribution in [3.05, 3.63) is 48.2 Å². The van der Waals surface area contributed by atoms with E-state index in [9.17, 15) is 0 Å². The van der Waals surface area contributed by atoms with Gasteiger partial charge in [-0.1, -0.05) is 6.07 Å². The van der Waals surface area contributed by atoms with Gasteiger partial charge in [0.15, 0.2) is 0 Å². The van der Waals surface area contributed by atoms with Gasteiger partial charge >= 0.3 is 0 Å². The van der Waals surface area contributed by atoms with Crippen LogP contribution in [0.1, 0.15) is 37.2 Å². The molecule has 2 aromatic rings. The molecule has 1 aliphatic heterocycles. The molecule has 23 heavy (non-hydrogen) atoms. The number of pyridine rings is 1. The fourth-order valence-corrected chi connectivity index (χ4v) is 3.42. The number of rotatable bonds is 6.